The maximum absolute atomic E-state index is 11.9. The summed E-state index contributed by atoms with van der Waals surface area (Å²) in [5.41, 5.74) is 0.535. The highest BCUT2D eigenvalue weighted by Gasteiger charge is 2.10. The quantitative estimate of drug-likeness (QED) is 0.864. The Morgan fingerprint density at radius 3 is 2.30 bits per heavy atom. The molecule has 0 bridgehead atoms. The predicted octanol–water partition coefficient (Wildman–Crippen LogP) is 3.27. The van der Waals surface area contributed by atoms with E-state index in [1.165, 1.54) is 0 Å². The summed E-state index contributed by atoms with van der Waals surface area (Å²) in [6, 6.07) is 16.1. The molecule has 1 N–H and O–H groups in total. The van der Waals surface area contributed by atoms with Crippen LogP contribution in [0, 0.1) is 0 Å². The number of rotatable bonds is 6. The van der Waals surface area contributed by atoms with Crippen molar-refractivity contribution < 1.29 is 13.2 Å². The van der Waals surface area contributed by atoms with Crippen molar-refractivity contribution in [1.82, 2.24) is 0 Å². The second-order valence-electron chi connectivity index (χ2n) is 4.09. The van der Waals surface area contributed by atoms with E-state index in [2.05, 4.69) is 20.7 Å². The van der Waals surface area contributed by atoms with E-state index in [9.17, 15) is 8.42 Å². The van der Waals surface area contributed by atoms with Gasteiger partial charge in [0.1, 0.15) is 18.1 Å². The molecule has 0 atom stereocenters. The van der Waals surface area contributed by atoms with E-state index in [-0.39, 0.29) is 12.4 Å². The molecule has 0 aliphatic carbocycles. The van der Waals surface area contributed by atoms with Crippen molar-refractivity contribution in [3.8, 4) is 5.75 Å². The Hall–Kier alpha value is -1.53. The van der Waals surface area contributed by atoms with Gasteiger partial charge in [0, 0.05) is 10.2 Å². The van der Waals surface area contributed by atoms with Crippen LogP contribution in [0.3, 0.4) is 0 Å². The molecular formula is C14H14BrNO3S. The fourth-order valence-electron chi connectivity index (χ4n) is 1.53. The lowest BCUT2D eigenvalue weighted by Crippen LogP contribution is -2.21. The van der Waals surface area contributed by atoms with Gasteiger partial charge in [-0.15, -0.1) is 0 Å². The summed E-state index contributed by atoms with van der Waals surface area (Å²) in [7, 11) is -3.41. The average molecular weight is 356 g/mol. The van der Waals surface area contributed by atoms with Crippen LogP contribution in [-0.4, -0.2) is 20.8 Å². The summed E-state index contributed by atoms with van der Waals surface area (Å²) >= 11 is 3.30. The Morgan fingerprint density at radius 1 is 1.00 bits per heavy atom. The molecular weight excluding hydrogens is 342 g/mol. The van der Waals surface area contributed by atoms with Gasteiger partial charge in [-0.25, -0.2) is 8.42 Å². The van der Waals surface area contributed by atoms with Crippen LogP contribution in [0.4, 0.5) is 5.69 Å². The molecule has 4 nitrogen and oxygen atoms in total. The fourth-order valence-corrected chi connectivity index (χ4v) is 2.70. The van der Waals surface area contributed by atoms with E-state index in [1.807, 2.05) is 18.2 Å². The first-order valence-corrected chi connectivity index (χ1v) is 8.44. The Morgan fingerprint density at radius 2 is 1.65 bits per heavy atom. The second kappa shape index (κ2) is 6.76. The van der Waals surface area contributed by atoms with Crippen molar-refractivity contribution in [3.63, 3.8) is 0 Å². The first-order valence-electron chi connectivity index (χ1n) is 5.99. The van der Waals surface area contributed by atoms with Gasteiger partial charge >= 0.3 is 0 Å². The fraction of sp³-hybridized carbons (Fsp3) is 0.143. The average Bonchev–Trinajstić information content (AvgIpc) is 2.42. The van der Waals surface area contributed by atoms with Crippen LogP contribution in [-0.2, 0) is 10.0 Å². The van der Waals surface area contributed by atoms with E-state index in [1.54, 1.807) is 36.4 Å². The molecule has 2 aromatic rings. The van der Waals surface area contributed by atoms with Crippen LogP contribution in [0.2, 0.25) is 0 Å². The predicted molar refractivity (Wildman–Crippen MR) is 83.5 cm³/mol. The summed E-state index contributed by atoms with van der Waals surface area (Å²) in [6.07, 6.45) is 0. The lowest BCUT2D eigenvalue weighted by Gasteiger charge is -2.09. The van der Waals surface area contributed by atoms with Crippen molar-refractivity contribution in [1.29, 1.82) is 0 Å². The van der Waals surface area contributed by atoms with E-state index < -0.39 is 10.0 Å². The van der Waals surface area contributed by atoms with Crippen LogP contribution in [0.1, 0.15) is 0 Å². The molecule has 0 aliphatic rings. The lowest BCUT2D eigenvalue weighted by atomic mass is 10.3. The minimum atomic E-state index is -3.41. The van der Waals surface area contributed by atoms with Crippen LogP contribution in [0.15, 0.2) is 59.1 Å². The molecule has 0 aromatic heterocycles. The molecule has 0 aliphatic heterocycles. The third-order valence-electron chi connectivity index (χ3n) is 2.48. The standard InChI is InChI=1S/C14H14BrNO3S/c15-12-6-8-13(9-7-12)16-20(17,18)11-10-19-14-4-2-1-3-5-14/h1-9,16H,10-11H2. The van der Waals surface area contributed by atoms with E-state index >= 15 is 0 Å². The van der Waals surface area contributed by atoms with Crippen molar-refractivity contribution >= 4 is 31.6 Å². The molecule has 0 heterocycles. The van der Waals surface area contributed by atoms with E-state index in [0.717, 1.165) is 4.47 Å². The number of halogens is 1. The number of sulfonamides is 1. The van der Waals surface area contributed by atoms with Crippen molar-refractivity contribution in [2.75, 3.05) is 17.1 Å². The van der Waals surface area contributed by atoms with Gasteiger partial charge in [-0.05, 0) is 36.4 Å². The molecule has 6 heteroatoms. The SMILES string of the molecule is O=S(=O)(CCOc1ccccc1)Nc1ccc(Br)cc1. The third-order valence-corrected chi connectivity index (χ3v) is 4.26. The summed E-state index contributed by atoms with van der Waals surface area (Å²) < 4.78 is 32.5. The summed E-state index contributed by atoms with van der Waals surface area (Å²) in [4.78, 5) is 0. The highest BCUT2D eigenvalue weighted by Crippen LogP contribution is 2.15. The Balaban J connectivity index is 1.86. The Bertz CT molecular complexity index is 642. The number of hydrogen-bond acceptors (Lipinski definition) is 3. The van der Waals surface area contributed by atoms with Gasteiger partial charge in [0.2, 0.25) is 10.0 Å². The van der Waals surface area contributed by atoms with E-state index in [4.69, 9.17) is 4.74 Å². The maximum atomic E-state index is 11.9. The van der Waals surface area contributed by atoms with Gasteiger partial charge in [-0.3, -0.25) is 4.72 Å². The van der Waals surface area contributed by atoms with Gasteiger partial charge in [-0.1, -0.05) is 34.1 Å². The number of benzene rings is 2. The number of hydrogen-bond donors (Lipinski definition) is 1. The number of para-hydroxylation sites is 1. The van der Waals surface area contributed by atoms with Gasteiger partial charge in [0.15, 0.2) is 0 Å². The highest BCUT2D eigenvalue weighted by atomic mass is 79.9. The monoisotopic (exact) mass is 355 g/mol. The first-order chi connectivity index (χ1) is 9.55. The largest absolute Gasteiger partial charge is 0.492 e. The minimum absolute atomic E-state index is 0.0992. The van der Waals surface area contributed by atoms with Crippen molar-refractivity contribution in [2.24, 2.45) is 0 Å². The molecule has 2 aromatic carbocycles. The molecule has 0 radical (unpaired) electrons. The number of anilines is 1. The molecule has 20 heavy (non-hydrogen) atoms. The molecule has 0 saturated heterocycles. The topological polar surface area (TPSA) is 55.4 Å². The lowest BCUT2D eigenvalue weighted by molar-refractivity contribution is 0.341. The molecule has 0 fully saturated rings. The summed E-state index contributed by atoms with van der Waals surface area (Å²) in [5.74, 6) is 0.559. The van der Waals surface area contributed by atoms with Crippen molar-refractivity contribution in [3.05, 3.63) is 59.1 Å². The first kappa shape index (κ1) is 14.9. The van der Waals surface area contributed by atoms with Crippen LogP contribution < -0.4 is 9.46 Å². The normalized spacial score (nSPS) is 11.1. The van der Waals surface area contributed by atoms with Crippen LogP contribution in [0.5, 0.6) is 5.75 Å². The molecule has 0 spiro atoms. The van der Waals surface area contributed by atoms with Gasteiger partial charge in [-0.2, -0.15) is 0 Å². The molecule has 0 amide bonds. The smallest absolute Gasteiger partial charge is 0.236 e. The van der Waals surface area contributed by atoms with Crippen molar-refractivity contribution in [2.45, 2.75) is 0 Å². The van der Waals surface area contributed by atoms with Gasteiger partial charge in [0.05, 0.1) is 0 Å². The molecule has 0 unspecified atom stereocenters. The van der Waals surface area contributed by atoms with E-state index in [0.29, 0.717) is 11.4 Å². The highest BCUT2D eigenvalue weighted by molar-refractivity contribution is 9.10. The van der Waals surface area contributed by atoms with Crippen LogP contribution in [0.25, 0.3) is 0 Å². The second-order valence-corrected chi connectivity index (χ2v) is 6.85. The summed E-state index contributed by atoms with van der Waals surface area (Å²) in [5, 5.41) is 0. The number of nitrogens with one attached hydrogen (secondary N) is 1. The zero-order valence-electron chi connectivity index (χ0n) is 10.6. The Kier molecular flexibility index (Phi) is 5.03. The van der Waals surface area contributed by atoms with Gasteiger partial charge in [0.25, 0.3) is 0 Å². The molecule has 106 valence electrons. The molecule has 0 saturated carbocycles. The maximum Gasteiger partial charge on any atom is 0.236 e. The third kappa shape index (κ3) is 4.86. The number of ether oxygens (including phenoxy) is 1. The van der Waals surface area contributed by atoms with Crippen LogP contribution >= 0.6 is 15.9 Å². The minimum Gasteiger partial charge on any atom is -0.492 e. The summed E-state index contributed by atoms with van der Waals surface area (Å²) in [6.45, 7) is 0.107. The zero-order chi connectivity index (χ0) is 14.4. The zero-order valence-corrected chi connectivity index (χ0v) is 13.0. The molecule has 2 rings (SSSR count). The Labute approximate surface area is 127 Å². The van der Waals surface area contributed by atoms with Gasteiger partial charge < -0.3 is 4.74 Å².